The summed E-state index contributed by atoms with van der Waals surface area (Å²) in [5.41, 5.74) is 3.74. The number of fused-ring (bicyclic) bond motifs is 1. The number of amides is 2. The Balaban J connectivity index is 1.30. The van der Waals surface area contributed by atoms with E-state index in [1.54, 1.807) is 17.0 Å². The minimum Gasteiger partial charge on any atom is -0.489 e. The summed E-state index contributed by atoms with van der Waals surface area (Å²) < 4.78 is 44.7. The Morgan fingerprint density at radius 3 is 2.12 bits per heavy atom. The van der Waals surface area contributed by atoms with E-state index in [2.05, 4.69) is 10.6 Å². The maximum atomic E-state index is 13.8. The number of carbonyl (C=O) groups excluding carboxylic acids is 2. The first kappa shape index (κ1) is 36.1. The zero-order chi connectivity index (χ0) is 36.1. The van der Waals surface area contributed by atoms with Gasteiger partial charge in [0, 0.05) is 18.5 Å². The lowest BCUT2D eigenvalue weighted by Crippen LogP contribution is -2.56. The van der Waals surface area contributed by atoms with E-state index >= 15 is 0 Å². The van der Waals surface area contributed by atoms with Gasteiger partial charge in [-0.05, 0) is 84.8 Å². The molecule has 262 valence electrons. The largest absolute Gasteiger partial charge is 0.489 e. The van der Waals surface area contributed by atoms with Crippen molar-refractivity contribution in [2.45, 2.75) is 70.6 Å². The Labute approximate surface area is 289 Å². The number of ether oxygens (including phenoxy) is 1. The van der Waals surface area contributed by atoms with Crippen LogP contribution >= 0.6 is 0 Å². The molecular weight excluding hydrogens is 647 g/mol. The number of aliphatic carboxylic acids is 1. The summed E-state index contributed by atoms with van der Waals surface area (Å²) in [7, 11) is 0. The molecular formula is C39H40F3N3O5. The molecule has 0 saturated heterocycles. The normalized spacial score (nSPS) is 15.4. The summed E-state index contributed by atoms with van der Waals surface area (Å²) in [6, 6.07) is 25.4. The Kier molecular flexibility index (Phi) is 11.0. The fourth-order valence-corrected chi connectivity index (χ4v) is 5.90. The average molecular weight is 688 g/mol. The first-order chi connectivity index (χ1) is 23.6. The highest BCUT2D eigenvalue weighted by Crippen LogP contribution is 2.30. The number of carboxylic acid groups (broad SMARTS) is 1. The topological polar surface area (TPSA) is 108 Å². The van der Waals surface area contributed by atoms with Gasteiger partial charge in [-0.3, -0.25) is 14.5 Å². The van der Waals surface area contributed by atoms with Crippen LogP contribution in [0.1, 0.15) is 48.6 Å². The van der Waals surface area contributed by atoms with Crippen LogP contribution in [-0.2, 0) is 46.6 Å². The van der Waals surface area contributed by atoms with E-state index in [1.165, 1.54) is 12.1 Å². The summed E-state index contributed by atoms with van der Waals surface area (Å²) in [5.74, 6) is -1.49. The van der Waals surface area contributed by atoms with Crippen LogP contribution in [0.25, 0.3) is 11.1 Å². The second-order valence-electron chi connectivity index (χ2n) is 13.5. The van der Waals surface area contributed by atoms with Crippen molar-refractivity contribution in [1.29, 1.82) is 0 Å². The van der Waals surface area contributed by atoms with Gasteiger partial charge in [0.1, 0.15) is 18.4 Å². The molecule has 0 aliphatic carbocycles. The van der Waals surface area contributed by atoms with Gasteiger partial charge < -0.3 is 20.5 Å². The van der Waals surface area contributed by atoms with Crippen molar-refractivity contribution >= 4 is 17.8 Å². The number of hydrogen-bond acceptors (Lipinski definition) is 5. The number of nitrogens with zero attached hydrogens (tertiary/aromatic N) is 1. The van der Waals surface area contributed by atoms with E-state index in [0.717, 1.165) is 39.9 Å². The molecule has 3 N–H and O–H groups in total. The molecule has 0 spiro atoms. The summed E-state index contributed by atoms with van der Waals surface area (Å²) in [6.45, 7) is 5.71. The zero-order valence-electron chi connectivity index (χ0n) is 28.1. The van der Waals surface area contributed by atoms with Crippen molar-refractivity contribution in [1.82, 2.24) is 15.5 Å². The maximum absolute atomic E-state index is 13.8. The second-order valence-corrected chi connectivity index (χ2v) is 13.5. The van der Waals surface area contributed by atoms with E-state index in [-0.39, 0.29) is 38.4 Å². The van der Waals surface area contributed by atoms with Crippen molar-refractivity contribution in [3.05, 3.63) is 125 Å². The number of carbonyl (C=O) groups is 3. The molecule has 4 aromatic rings. The molecule has 0 bridgehead atoms. The number of carboxylic acids is 1. The molecule has 1 aliphatic rings. The predicted octanol–water partition coefficient (Wildman–Crippen LogP) is 6.40. The van der Waals surface area contributed by atoms with Gasteiger partial charge in [0.25, 0.3) is 0 Å². The smallest absolute Gasteiger partial charge is 0.416 e. The molecule has 1 aliphatic heterocycles. The molecule has 11 heteroatoms. The highest BCUT2D eigenvalue weighted by atomic mass is 19.4. The summed E-state index contributed by atoms with van der Waals surface area (Å²) >= 11 is 0. The zero-order valence-corrected chi connectivity index (χ0v) is 28.1. The van der Waals surface area contributed by atoms with Crippen LogP contribution < -0.4 is 15.4 Å². The van der Waals surface area contributed by atoms with Gasteiger partial charge in [-0.15, -0.1) is 0 Å². The SMILES string of the molecule is CC(C)(C)NC(=O)CN1Cc2cc(OCc3ccc(C(F)(F)F)cc3)ccc2C[C@H]1C(=O)N[C@@H](Cc1ccc(-c2ccccc2)cc1)C(=O)O. The Hall–Kier alpha value is -5.16. The Bertz CT molecular complexity index is 1800. The molecule has 2 atom stereocenters. The van der Waals surface area contributed by atoms with Gasteiger partial charge in [-0.1, -0.05) is 72.8 Å². The third kappa shape index (κ3) is 9.72. The third-order valence-corrected chi connectivity index (χ3v) is 8.37. The molecule has 8 nitrogen and oxygen atoms in total. The first-order valence-electron chi connectivity index (χ1n) is 16.3. The quantitative estimate of drug-likeness (QED) is 0.168. The second kappa shape index (κ2) is 15.2. The fourth-order valence-electron chi connectivity index (χ4n) is 5.90. The molecule has 0 aromatic heterocycles. The van der Waals surface area contributed by atoms with E-state index in [1.807, 2.05) is 81.4 Å². The van der Waals surface area contributed by atoms with E-state index < -0.39 is 41.2 Å². The van der Waals surface area contributed by atoms with Gasteiger partial charge in [0.05, 0.1) is 18.2 Å². The first-order valence-corrected chi connectivity index (χ1v) is 16.3. The van der Waals surface area contributed by atoms with Crippen LogP contribution in [0, 0.1) is 0 Å². The molecule has 5 rings (SSSR count). The van der Waals surface area contributed by atoms with Crippen molar-refractivity contribution in [3.63, 3.8) is 0 Å². The van der Waals surface area contributed by atoms with Crippen molar-refractivity contribution in [3.8, 4) is 16.9 Å². The van der Waals surface area contributed by atoms with Crippen LogP contribution in [0.3, 0.4) is 0 Å². The minimum atomic E-state index is -4.42. The standard InChI is InChI=1S/C39H40F3N3O5/c1-38(2,3)44-35(46)23-45-22-30-20-32(50-24-26-11-16-31(17-12-26)39(40,41)42)18-15-29(30)21-34(45)36(47)43-33(37(48)49)19-25-9-13-28(14-10-25)27-7-5-4-6-8-27/h4-18,20,33-34H,19,21-24H2,1-3H3,(H,43,47)(H,44,46)(H,48,49)/t33-,34-/m0/s1. The monoisotopic (exact) mass is 687 g/mol. The van der Waals surface area contributed by atoms with Crippen molar-refractivity contribution in [2.24, 2.45) is 0 Å². The molecule has 0 fully saturated rings. The lowest BCUT2D eigenvalue weighted by molar-refractivity contribution is -0.143. The number of alkyl halides is 3. The number of hydrogen-bond donors (Lipinski definition) is 3. The summed E-state index contributed by atoms with van der Waals surface area (Å²) in [4.78, 5) is 40.9. The van der Waals surface area contributed by atoms with Gasteiger partial charge in [-0.25, -0.2) is 4.79 Å². The van der Waals surface area contributed by atoms with E-state index in [9.17, 15) is 32.7 Å². The van der Waals surface area contributed by atoms with Gasteiger partial charge >= 0.3 is 12.1 Å². The van der Waals surface area contributed by atoms with Crippen LogP contribution in [0.2, 0.25) is 0 Å². The predicted molar refractivity (Wildman–Crippen MR) is 183 cm³/mol. The number of nitrogens with one attached hydrogen (secondary N) is 2. The molecule has 1 heterocycles. The molecule has 0 radical (unpaired) electrons. The third-order valence-electron chi connectivity index (χ3n) is 8.37. The maximum Gasteiger partial charge on any atom is 0.416 e. The van der Waals surface area contributed by atoms with Crippen molar-refractivity contribution in [2.75, 3.05) is 6.54 Å². The summed E-state index contributed by atoms with van der Waals surface area (Å²) in [5, 5.41) is 15.7. The molecule has 4 aromatic carbocycles. The highest BCUT2D eigenvalue weighted by molar-refractivity contribution is 5.88. The molecule has 2 amide bonds. The van der Waals surface area contributed by atoms with Crippen LogP contribution in [0.5, 0.6) is 5.75 Å². The van der Waals surface area contributed by atoms with Crippen LogP contribution in [0.15, 0.2) is 97.1 Å². The lowest BCUT2D eigenvalue weighted by Gasteiger charge is -2.36. The fraction of sp³-hybridized carbons (Fsp3) is 0.308. The molecule has 50 heavy (non-hydrogen) atoms. The lowest BCUT2D eigenvalue weighted by atomic mass is 9.92. The molecule has 0 unspecified atom stereocenters. The van der Waals surface area contributed by atoms with Crippen LogP contribution in [0.4, 0.5) is 13.2 Å². The Morgan fingerprint density at radius 2 is 1.50 bits per heavy atom. The van der Waals surface area contributed by atoms with E-state index in [0.29, 0.717) is 11.3 Å². The van der Waals surface area contributed by atoms with Gasteiger partial charge in [0.15, 0.2) is 0 Å². The molecule has 0 saturated carbocycles. The number of benzene rings is 4. The van der Waals surface area contributed by atoms with Gasteiger partial charge in [0.2, 0.25) is 11.8 Å². The van der Waals surface area contributed by atoms with E-state index in [4.69, 9.17) is 4.74 Å². The average Bonchev–Trinajstić information content (AvgIpc) is 3.06. The Morgan fingerprint density at radius 1 is 0.860 bits per heavy atom. The van der Waals surface area contributed by atoms with Crippen molar-refractivity contribution < 1.29 is 37.4 Å². The minimum absolute atomic E-state index is 0.0468. The number of rotatable bonds is 11. The number of halogens is 3. The van der Waals surface area contributed by atoms with Crippen LogP contribution in [-0.4, -0.2) is 52.0 Å². The summed E-state index contributed by atoms with van der Waals surface area (Å²) in [6.07, 6.45) is -4.13. The van der Waals surface area contributed by atoms with Gasteiger partial charge in [-0.2, -0.15) is 13.2 Å². The highest BCUT2D eigenvalue weighted by Gasteiger charge is 2.35.